The molecule has 20 heavy (non-hydrogen) atoms. The molecule has 5 nitrogen and oxygen atoms in total. The van der Waals surface area contributed by atoms with E-state index in [1.807, 2.05) is 30.3 Å². The van der Waals surface area contributed by atoms with Gasteiger partial charge in [-0.2, -0.15) is 0 Å². The number of carbonyl (C=O) groups is 2. The number of hydrogen-bond acceptors (Lipinski definition) is 4. The number of nitrogens with zero attached hydrogens (tertiary/aromatic N) is 1. The summed E-state index contributed by atoms with van der Waals surface area (Å²) in [4.78, 5) is 24.6. The first-order valence-electron chi connectivity index (χ1n) is 6.63. The molecule has 0 radical (unpaired) electrons. The molecule has 0 aliphatic rings. The highest BCUT2D eigenvalue weighted by Gasteiger charge is 2.20. The fourth-order valence-corrected chi connectivity index (χ4v) is 1.60. The lowest BCUT2D eigenvalue weighted by Gasteiger charge is -2.23. The van der Waals surface area contributed by atoms with E-state index in [1.165, 1.54) is 4.90 Å². The topological polar surface area (TPSA) is 55.8 Å². The maximum Gasteiger partial charge on any atom is 0.410 e. The summed E-state index contributed by atoms with van der Waals surface area (Å²) in [6, 6.07) is 9.17. The van der Waals surface area contributed by atoms with Crippen LogP contribution in [0.1, 0.15) is 25.8 Å². The smallest absolute Gasteiger partial charge is 0.410 e. The van der Waals surface area contributed by atoms with Crippen molar-refractivity contribution in [3.63, 3.8) is 0 Å². The Bertz CT molecular complexity index is 433. The third-order valence-corrected chi connectivity index (χ3v) is 2.92. The minimum Gasteiger partial charge on any atom is -0.466 e. The highest BCUT2D eigenvalue weighted by molar-refractivity contribution is 5.72. The molecule has 1 unspecified atom stereocenters. The number of esters is 1. The first-order valence-corrected chi connectivity index (χ1v) is 6.63. The van der Waals surface area contributed by atoms with E-state index in [2.05, 4.69) is 0 Å². The van der Waals surface area contributed by atoms with Crippen LogP contribution in [0.25, 0.3) is 0 Å². The molecule has 1 rings (SSSR count). The van der Waals surface area contributed by atoms with Gasteiger partial charge in [-0.3, -0.25) is 4.79 Å². The Morgan fingerprint density at radius 3 is 2.45 bits per heavy atom. The Morgan fingerprint density at radius 2 is 1.85 bits per heavy atom. The number of hydrogen-bond donors (Lipinski definition) is 0. The van der Waals surface area contributed by atoms with Crippen molar-refractivity contribution in [2.45, 2.75) is 32.9 Å². The lowest BCUT2D eigenvalue weighted by molar-refractivity contribution is -0.144. The predicted molar refractivity (Wildman–Crippen MR) is 75.1 cm³/mol. The van der Waals surface area contributed by atoms with Gasteiger partial charge in [0.1, 0.15) is 6.61 Å². The summed E-state index contributed by atoms with van der Waals surface area (Å²) in [6.07, 6.45) is -0.296. The maximum absolute atomic E-state index is 11.8. The second-order valence-electron chi connectivity index (χ2n) is 4.51. The largest absolute Gasteiger partial charge is 0.466 e. The molecule has 0 aliphatic heterocycles. The van der Waals surface area contributed by atoms with Gasteiger partial charge in [0.2, 0.25) is 0 Å². The van der Waals surface area contributed by atoms with Gasteiger partial charge in [-0.05, 0) is 19.4 Å². The predicted octanol–water partition coefficient (Wildman–Crippen LogP) is 2.60. The van der Waals surface area contributed by atoms with Gasteiger partial charge in [0, 0.05) is 13.1 Å². The Hall–Kier alpha value is -2.04. The van der Waals surface area contributed by atoms with Gasteiger partial charge in [0.15, 0.2) is 0 Å². The van der Waals surface area contributed by atoms with E-state index in [4.69, 9.17) is 9.47 Å². The zero-order valence-corrected chi connectivity index (χ0v) is 12.2. The number of rotatable bonds is 6. The molecule has 110 valence electrons. The molecule has 0 bridgehead atoms. The summed E-state index contributed by atoms with van der Waals surface area (Å²) in [5.41, 5.74) is 0.923. The summed E-state index contributed by atoms with van der Waals surface area (Å²) in [6.45, 7) is 4.09. The first-order chi connectivity index (χ1) is 9.54. The van der Waals surface area contributed by atoms with Gasteiger partial charge in [-0.1, -0.05) is 30.3 Å². The SMILES string of the molecule is CCOC(=O)CC(C)N(C)C(=O)OCc1ccccc1. The Labute approximate surface area is 119 Å². The molecule has 1 aromatic rings. The Morgan fingerprint density at radius 1 is 1.20 bits per heavy atom. The van der Waals surface area contributed by atoms with Crippen molar-refractivity contribution in [1.82, 2.24) is 4.90 Å². The summed E-state index contributed by atoms with van der Waals surface area (Å²) in [5, 5.41) is 0. The van der Waals surface area contributed by atoms with Crippen LogP contribution < -0.4 is 0 Å². The lowest BCUT2D eigenvalue weighted by Crippen LogP contribution is -2.37. The van der Waals surface area contributed by atoms with Gasteiger partial charge in [0.25, 0.3) is 0 Å². The van der Waals surface area contributed by atoms with Gasteiger partial charge >= 0.3 is 12.1 Å². The van der Waals surface area contributed by atoms with Crippen molar-refractivity contribution in [1.29, 1.82) is 0 Å². The van der Waals surface area contributed by atoms with Crippen LogP contribution in [0, 0.1) is 0 Å². The van der Waals surface area contributed by atoms with Gasteiger partial charge < -0.3 is 14.4 Å². The van der Waals surface area contributed by atoms with E-state index in [0.717, 1.165) is 5.56 Å². The second kappa shape index (κ2) is 8.19. The summed E-state index contributed by atoms with van der Waals surface area (Å²) >= 11 is 0. The molecule has 0 aromatic heterocycles. The summed E-state index contributed by atoms with van der Waals surface area (Å²) in [7, 11) is 1.61. The molecular weight excluding hydrogens is 258 g/mol. The molecule has 0 heterocycles. The van der Waals surface area contributed by atoms with Crippen LogP contribution in [0.4, 0.5) is 4.79 Å². The average Bonchev–Trinajstić information content (AvgIpc) is 2.45. The molecule has 0 N–H and O–H groups in total. The van der Waals surface area contributed by atoms with Gasteiger partial charge in [-0.15, -0.1) is 0 Å². The molecule has 0 aliphatic carbocycles. The normalized spacial score (nSPS) is 11.6. The van der Waals surface area contributed by atoms with Crippen LogP contribution >= 0.6 is 0 Å². The van der Waals surface area contributed by atoms with Crippen LogP contribution in [-0.4, -0.2) is 36.7 Å². The first kappa shape index (κ1) is 16.0. The van der Waals surface area contributed by atoms with Crippen molar-refractivity contribution in [3.05, 3.63) is 35.9 Å². The van der Waals surface area contributed by atoms with Crippen molar-refractivity contribution in [2.24, 2.45) is 0 Å². The minimum absolute atomic E-state index is 0.158. The number of carbonyl (C=O) groups excluding carboxylic acids is 2. The van der Waals surface area contributed by atoms with Crippen molar-refractivity contribution >= 4 is 12.1 Å². The van der Waals surface area contributed by atoms with E-state index < -0.39 is 6.09 Å². The molecule has 1 aromatic carbocycles. The molecule has 0 fully saturated rings. The van der Waals surface area contributed by atoms with E-state index in [-0.39, 0.29) is 25.0 Å². The van der Waals surface area contributed by atoms with Crippen molar-refractivity contribution in [2.75, 3.05) is 13.7 Å². The Kier molecular flexibility index (Phi) is 6.56. The molecule has 5 heteroatoms. The van der Waals surface area contributed by atoms with Gasteiger partial charge in [0.05, 0.1) is 13.0 Å². The van der Waals surface area contributed by atoms with Crippen molar-refractivity contribution in [3.8, 4) is 0 Å². The van der Waals surface area contributed by atoms with E-state index in [0.29, 0.717) is 6.61 Å². The fourth-order valence-electron chi connectivity index (χ4n) is 1.60. The molecule has 1 amide bonds. The molecule has 0 spiro atoms. The van der Waals surface area contributed by atoms with Gasteiger partial charge in [-0.25, -0.2) is 4.79 Å². The molecule has 0 saturated heterocycles. The molecule has 1 atom stereocenters. The highest BCUT2D eigenvalue weighted by Crippen LogP contribution is 2.07. The minimum atomic E-state index is -0.453. The summed E-state index contributed by atoms with van der Waals surface area (Å²) in [5.74, 6) is -0.317. The van der Waals surface area contributed by atoms with Crippen LogP contribution in [-0.2, 0) is 20.9 Å². The van der Waals surface area contributed by atoms with Crippen molar-refractivity contribution < 1.29 is 19.1 Å². The molecule has 0 saturated carbocycles. The van der Waals surface area contributed by atoms with Crippen LogP contribution in [0.15, 0.2) is 30.3 Å². The fraction of sp³-hybridized carbons (Fsp3) is 0.467. The highest BCUT2D eigenvalue weighted by atomic mass is 16.6. The van der Waals surface area contributed by atoms with Crippen LogP contribution in [0.2, 0.25) is 0 Å². The zero-order valence-electron chi connectivity index (χ0n) is 12.2. The quantitative estimate of drug-likeness (QED) is 0.751. The Balaban J connectivity index is 2.40. The molecular formula is C15H21NO4. The second-order valence-corrected chi connectivity index (χ2v) is 4.51. The zero-order chi connectivity index (χ0) is 15.0. The monoisotopic (exact) mass is 279 g/mol. The number of amides is 1. The standard InChI is InChI=1S/C15H21NO4/c1-4-19-14(17)10-12(2)16(3)15(18)20-11-13-8-6-5-7-9-13/h5-9,12H,4,10-11H2,1-3H3. The van der Waals surface area contributed by atoms with Crippen LogP contribution in [0.5, 0.6) is 0 Å². The lowest BCUT2D eigenvalue weighted by atomic mass is 10.2. The van der Waals surface area contributed by atoms with E-state index >= 15 is 0 Å². The van der Waals surface area contributed by atoms with E-state index in [1.54, 1.807) is 20.9 Å². The average molecular weight is 279 g/mol. The number of ether oxygens (including phenoxy) is 2. The third kappa shape index (κ3) is 5.30. The third-order valence-electron chi connectivity index (χ3n) is 2.92. The van der Waals surface area contributed by atoms with Crippen LogP contribution in [0.3, 0.4) is 0 Å². The van der Waals surface area contributed by atoms with E-state index in [9.17, 15) is 9.59 Å². The number of benzene rings is 1. The maximum atomic E-state index is 11.8. The summed E-state index contributed by atoms with van der Waals surface area (Å²) < 4.78 is 10.0.